The van der Waals surface area contributed by atoms with Crippen molar-refractivity contribution in [3.63, 3.8) is 0 Å². The number of furan rings is 1. The third-order valence-corrected chi connectivity index (χ3v) is 5.12. The van der Waals surface area contributed by atoms with Crippen LogP contribution >= 0.6 is 0 Å². The zero-order valence-electron chi connectivity index (χ0n) is 15.5. The van der Waals surface area contributed by atoms with Gasteiger partial charge in [-0.05, 0) is 46.1 Å². The SMILES string of the molecule is Cc1c(C(=O)N2Cc3ccnn3[C@@H](CCN(C)C)C2)oc2ccccc12. The fraction of sp³-hybridized carbons (Fsp3) is 0.400. The van der Waals surface area contributed by atoms with Crippen molar-refractivity contribution in [2.45, 2.75) is 25.9 Å². The van der Waals surface area contributed by atoms with Crippen LogP contribution in [0.25, 0.3) is 11.0 Å². The van der Waals surface area contributed by atoms with Crippen LogP contribution in [0.1, 0.15) is 34.3 Å². The summed E-state index contributed by atoms with van der Waals surface area (Å²) in [6, 6.07) is 9.98. The minimum Gasteiger partial charge on any atom is -0.451 e. The summed E-state index contributed by atoms with van der Waals surface area (Å²) in [4.78, 5) is 17.2. The Morgan fingerprint density at radius 2 is 2.12 bits per heavy atom. The van der Waals surface area contributed by atoms with Gasteiger partial charge in [-0.15, -0.1) is 0 Å². The lowest BCUT2D eigenvalue weighted by Gasteiger charge is -2.34. The minimum absolute atomic E-state index is 0.0407. The smallest absolute Gasteiger partial charge is 0.290 e. The lowest BCUT2D eigenvalue weighted by molar-refractivity contribution is 0.0629. The molecule has 0 saturated heterocycles. The summed E-state index contributed by atoms with van der Waals surface area (Å²) < 4.78 is 7.96. The quantitative estimate of drug-likeness (QED) is 0.724. The van der Waals surface area contributed by atoms with Crippen LogP contribution in [0.15, 0.2) is 40.9 Å². The number of aromatic nitrogens is 2. The number of carbonyl (C=O) groups is 1. The van der Waals surface area contributed by atoms with Gasteiger partial charge in [0.1, 0.15) is 5.58 Å². The number of rotatable bonds is 4. The highest BCUT2D eigenvalue weighted by atomic mass is 16.3. The molecular weight excluding hydrogens is 328 g/mol. The lowest BCUT2D eigenvalue weighted by Crippen LogP contribution is -2.42. The maximum atomic E-state index is 13.2. The summed E-state index contributed by atoms with van der Waals surface area (Å²) in [5.41, 5.74) is 2.75. The summed E-state index contributed by atoms with van der Waals surface area (Å²) >= 11 is 0. The van der Waals surface area contributed by atoms with Gasteiger partial charge in [-0.25, -0.2) is 0 Å². The summed E-state index contributed by atoms with van der Waals surface area (Å²) in [5, 5.41) is 5.47. The molecule has 0 aliphatic carbocycles. The number of hydrogen-bond acceptors (Lipinski definition) is 4. The molecule has 0 unspecified atom stereocenters. The van der Waals surface area contributed by atoms with Crippen LogP contribution in [0, 0.1) is 6.92 Å². The summed E-state index contributed by atoms with van der Waals surface area (Å²) in [5.74, 6) is 0.409. The molecule has 1 aromatic carbocycles. The summed E-state index contributed by atoms with van der Waals surface area (Å²) in [6.45, 7) is 4.12. The summed E-state index contributed by atoms with van der Waals surface area (Å²) in [7, 11) is 4.13. The van der Waals surface area contributed by atoms with E-state index in [4.69, 9.17) is 4.42 Å². The third-order valence-electron chi connectivity index (χ3n) is 5.12. The average molecular weight is 352 g/mol. The molecule has 1 aliphatic rings. The van der Waals surface area contributed by atoms with Gasteiger partial charge in [0.15, 0.2) is 5.76 Å². The van der Waals surface area contributed by atoms with Crippen LogP contribution in [0.5, 0.6) is 0 Å². The Bertz CT molecular complexity index is 940. The van der Waals surface area contributed by atoms with Crippen molar-refractivity contribution in [1.29, 1.82) is 0 Å². The number of fused-ring (bicyclic) bond motifs is 2. The predicted molar refractivity (Wildman–Crippen MR) is 100 cm³/mol. The van der Waals surface area contributed by atoms with Crippen molar-refractivity contribution >= 4 is 16.9 Å². The van der Waals surface area contributed by atoms with Gasteiger partial charge in [-0.3, -0.25) is 9.48 Å². The highest BCUT2D eigenvalue weighted by molar-refractivity contribution is 5.98. The first-order valence-electron chi connectivity index (χ1n) is 8.99. The highest BCUT2D eigenvalue weighted by Crippen LogP contribution is 2.29. The molecule has 1 aliphatic heterocycles. The second kappa shape index (κ2) is 6.61. The molecular formula is C20H24N4O2. The molecule has 0 fully saturated rings. The molecule has 26 heavy (non-hydrogen) atoms. The van der Waals surface area contributed by atoms with E-state index in [0.29, 0.717) is 18.8 Å². The zero-order valence-corrected chi connectivity index (χ0v) is 15.5. The fourth-order valence-corrected chi connectivity index (χ4v) is 3.68. The third kappa shape index (κ3) is 2.90. The number of hydrogen-bond donors (Lipinski definition) is 0. The van der Waals surface area contributed by atoms with Crippen LogP contribution in [-0.4, -0.2) is 52.7 Å². The molecule has 0 N–H and O–H groups in total. The van der Waals surface area contributed by atoms with Crippen molar-refractivity contribution in [3.8, 4) is 0 Å². The van der Waals surface area contributed by atoms with Crippen LogP contribution in [0.3, 0.4) is 0 Å². The molecule has 2 aromatic heterocycles. The highest BCUT2D eigenvalue weighted by Gasteiger charge is 2.31. The van der Waals surface area contributed by atoms with E-state index in [1.807, 2.05) is 48.4 Å². The van der Waals surface area contributed by atoms with Gasteiger partial charge in [-0.2, -0.15) is 5.10 Å². The largest absolute Gasteiger partial charge is 0.451 e. The fourth-order valence-electron chi connectivity index (χ4n) is 3.68. The van der Waals surface area contributed by atoms with Crippen molar-refractivity contribution in [1.82, 2.24) is 19.6 Å². The van der Waals surface area contributed by atoms with Crippen molar-refractivity contribution < 1.29 is 9.21 Å². The zero-order chi connectivity index (χ0) is 18.3. The monoisotopic (exact) mass is 352 g/mol. The predicted octanol–water partition coefficient (Wildman–Crippen LogP) is 3.09. The van der Waals surface area contributed by atoms with Gasteiger partial charge in [0.2, 0.25) is 0 Å². The number of carbonyl (C=O) groups excluding carboxylic acids is 1. The number of benzene rings is 1. The molecule has 3 heterocycles. The molecule has 6 nitrogen and oxygen atoms in total. The lowest BCUT2D eigenvalue weighted by atomic mass is 10.1. The van der Waals surface area contributed by atoms with E-state index >= 15 is 0 Å². The van der Waals surface area contributed by atoms with Gasteiger partial charge < -0.3 is 14.2 Å². The van der Waals surface area contributed by atoms with Gasteiger partial charge in [0, 0.05) is 23.7 Å². The first-order chi connectivity index (χ1) is 12.5. The van der Waals surface area contributed by atoms with Crippen molar-refractivity contribution in [2.24, 2.45) is 0 Å². The van der Waals surface area contributed by atoms with Crippen LogP contribution in [0.4, 0.5) is 0 Å². The van der Waals surface area contributed by atoms with E-state index in [0.717, 1.165) is 35.2 Å². The number of nitrogens with zero attached hydrogens (tertiary/aromatic N) is 4. The van der Waals surface area contributed by atoms with E-state index in [1.54, 1.807) is 0 Å². The molecule has 1 amide bonds. The maximum absolute atomic E-state index is 13.2. The van der Waals surface area contributed by atoms with E-state index < -0.39 is 0 Å². The number of para-hydroxylation sites is 1. The van der Waals surface area contributed by atoms with Crippen molar-refractivity contribution in [2.75, 3.05) is 27.2 Å². The molecule has 4 rings (SSSR count). The molecule has 0 bridgehead atoms. The maximum Gasteiger partial charge on any atom is 0.290 e. The van der Waals surface area contributed by atoms with Crippen LogP contribution in [-0.2, 0) is 6.54 Å². The minimum atomic E-state index is -0.0407. The molecule has 0 saturated carbocycles. The number of amides is 1. The molecule has 0 radical (unpaired) electrons. The topological polar surface area (TPSA) is 54.5 Å². The van der Waals surface area contributed by atoms with E-state index in [-0.39, 0.29) is 11.9 Å². The second-order valence-electron chi connectivity index (χ2n) is 7.25. The Morgan fingerprint density at radius 1 is 1.31 bits per heavy atom. The second-order valence-corrected chi connectivity index (χ2v) is 7.25. The Kier molecular flexibility index (Phi) is 4.28. The van der Waals surface area contributed by atoms with Gasteiger partial charge >= 0.3 is 0 Å². The Morgan fingerprint density at radius 3 is 2.88 bits per heavy atom. The first-order valence-corrected chi connectivity index (χ1v) is 8.99. The molecule has 6 heteroatoms. The van der Waals surface area contributed by atoms with E-state index in [2.05, 4.69) is 28.8 Å². The van der Waals surface area contributed by atoms with E-state index in [1.165, 1.54) is 0 Å². The first kappa shape index (κ1) is 16.8. The van der Waals surface area contributed by atoms with E-state index in [9.17, 15) is 4.79 Å². The normalized spacial score (nSPS) is 17.1. The average Bonchev–Trinajstić information content (AvgIpc) is 3.24. The molecule has 136 valence electrons. The standard InChI is InChI=1S/C20H24N4O2/c1-14-17-6-4-5-7-18(17)26-19(14)20(25)23-12-15-8-10-21-24(15)16(13-23)9-11-22(2)3/h4-8,10,16H,9,11-13H2,1-3H3/t16-/m0/s1. The molecule has 3 aromatic rings. The van der Waals surface area contributed by atoms with Gasteiger partial charge in [-0.1, -0.05) is 18.2 Å². The van der Waals surface area contributed by atoms with Gasteiger partial charge in [0.25, 0.3) is 5.91 Å². The van der Waals surface area contributed by atoms with Gasteiger partial charge in [0.05, 0.1) is 18.3 Å². The number of aryl methyl sites for hydroxylation is 1. The Hall–Kier alpha value is -2.60. The Balaban J connectivity index is 1.62. The van der Waals surface area contributed by atoms with Crippen molar-refractivity contribution in [3.05, 3.63) is 53.5 Å². The molecule has 0 spiro atoms. The molecule has 1 atom stereocenters. The summed E-state index contributed by atoms with van der Waals surface area (Å²) in [6.07, 6.45) is 2.77. The van der Waals surface area contributed by atoms with Crippen LogP contribution in [0.2, 0.25) is 0 Å². The van der Waals surface area contributed by atoms with Crippen LogP contribution < -0.4 is 0 Å². The Labute approximate surface area is 153 Å².